The van der Waals surface area contributed by atoms with Crippen molar-refractivity contribution in [2.24, 2.45) is 0 Å². The van der Waals surface area contributed by atoms with Gasteiger partial charge in [0.25, 0.3) is 0 Å². The molecule has 0 spiro atoms. The lowest BCUT2D eigenvalue weighted by Gasteiger charge is -2.02. The summed E-state index contributed by atoms with van der Waals surface area (Å²) in [7, 11) is 0. The van der Waals surface area contributed by atoms with E-state index in [4.69, 9.17) is 10.8 Å². The fraction of sp³-hybridized carbons (Fsp3) is 0.364. The molecule has 0 atom stereocenters. The van der Waals surface area contributed by atoms with Crippen molar-refractivity contribution in [3.05, 3.63) is 24.5 Å². The standard InChI is InChI=1S/C11H15N3O.2ClH/c12-9-3-4-11-10(7-9)13-8-14(11)5-1-2-6-15;;/h3-4,7-8,15H,1-2,5-6,12H2;2*1H. The zero-order valence-electron chi connectivity index (χ0n) is 9.37. The molecular formula is C11H17Cl2N3O. The Morgan fingerprint density at radius 3 is 2.71 bits per heavy atom. The summed E-state index contributed by atoms with van der Waals surface area (Å²) < 4.78 is 2.09. The number of benzene rings is 1. The van der Waals surface area contributed by atoms with Gasteiger partial charge in [0.2, 0.25) is 0 Å². The Labute approximate surface area is 113 Å². The van der Waals surface area contributed by atoms with E-state index in [1.165, 1.54) is 0 Å². The van der Waals surface area contributed by atoms with Crippen LogP contribution < -0.4 is 5.73 Å². The lowest BCUT2D eigenvalue weighted by atomic mass is 10.2. The minimum atomic E-state index is 0. The van der Waals surface area contributed by atoms with Gasteiger partial charge in [-0.25, -0.2) is 4.98 Å². The van der Waals surface area contributed by atoms with Crippen LogP contribution in [0.3, 0.4) is 0 Å². The number of aliphatic hydroxyl groups excluding tert-OH is 1. The molecule has 0 amide bonds. The van der Waals surface area contributed by atoms with Crippen LogP contribution in [0.15, 0.2) is 24.5 Å². The molecule has 0 aliphatic carbocycles. The van der Waals surface area contributed by atoms with Crippen LogP contribution in [0.2, 0.25) is 0 Å². The molecule has 0 saturated heterocycles. The predicted octanol–water partition coefficient (Wildman–Crippen LogP) is 2.23. The Kier molecular flexibility index (Phi) is 6.95. The van der Waals surface area contributed by atoms with Crippen LogP contribution in [0.4, 0.5) is 5.69 Å². The summed E-state index contributed by atoms with van der Waals surface area (Å²) in [5, 5.41) is 8.70. The quantitative estimate of drug-likeness (QED) is 0.666. The van der Waals surface area contributed by atoms with Gasteiger partial charge in [0, 0.05) is 18.8 Å². The van der Waals surface area contributed by atoms with Gasteiger partial charge in [0.15, 0.2) is 0 Å². The van der Waals surface area contributed by atoms with Crippen LogP contribution in [0.25, 0.3) is 11.0 Å². The van der Waals surface area contributed by atoms with Gasteiger partial charge in [-0.15, -0.1) is 24.8 Å². The highest BCUT2D eigenvalue weighted by Crippen LogP contribution is 2.16. The maximum absolute atomic E-state index is 8.70. The first-order chi connectivity index (χ1) is 7.31. The van der Waals surface area contributed by atoms with E-state index in [1.807, 2.05) is 24.5 Å². The van der Waals surface area contributed by atoms with Crippen LogP contribution >= 0.6 is 24.8 Å². The highest BCUT2D eigenvalue weighted by atomic mass is 35.5. The average molecular weight is 278 g/mol. The molecule has 0 bridgehead atoms. The number of unbranched alkanes of at least 4 members (excludes halogenated alkanes) is 1. The zero-order chi connectivity index (χ0) is 10.7. The second-order valence-electron chi connectivity index (χ2n) is 3.62. The van der Waals surface area contributed by atoms with E-state index in [-0.39, 0.29) is 31.4 Å². The third-order valence-electron chi connectivity index (χ3n) is 2.45. The first-order valence-electron chi connectivity index (χ1n) is 5.12. The molecule has 0 saturated carbocycles. The van der Waals surface area contributed by atoms with E-state index in [2.05, 4.69) is 9.55 Å². The molecule has 0 aliphatic heterocycles. The lowest BCUT2D eigenvalue weighted by Crippen LogP contribution is -1.97. The van der Waals surface area contributed by atoms with Crippen LogP contribution in [0, 0.1) is 0 Å². The van der Waals surface area contributed by atoms with Crippen molar-refractivity contribution in [1.29, 1.82) is 0 Å². The van der Waals surface area contributed by atoms with E-state index < -0.39 is 0 Å². The van der Waals surface area contributed by atoms with E-state index in [9.17, 15) is 0 Å². The highest BCUT2D eigenvalue weighted by molar-refractivity contribution is 5.85. The molecular weight excluding hydrogens is 261 g/mol. The van der Waals surface area contributed by atoms with Gasteiger partial charge in [-0.05, 0) is 31.0 Å². The molecule has 17 heavy (non-hydrogen) atoms. The molecule has 2 rings (SSSR count). The van der Waals surface area contributed by atoms with Crippen molar-refractivity contribution in [3.63, 3.8) is 0 Å². The monoisotopic (exact) mass is 277 g/mol. The molecule has 0 radical (unpaired) electrons. The second kappa shape index (κ2) is 7.37. The number of rotatable bonds is 4. The van der Waals surface area contributed by atoms with Crippen molar-refractivity contribution in [2.45, 2.75) is 19.4 Å². The highest BCUT2D eigenvalue weighted by Gasteiger charge is 2.01. The third-order valence-corrected chi connectivity index (χ3v) is 2.45. The molecule has 1 aromatic heterocycles. The van der Waals surface area contributed by atoms with Gasteiger partial charge in [0.05, 0.1) is 17.4 Å². The van der Waals surface area contributed by atoms with E-state index in [0.29, 0.717) is 0 Å². The fourth-order valence-corrected chi connectivity index (χ4v) is 1.65. The lowest BCUT2D eigenvalue weighted by molar-refractivity contribution is 0.281. The van der Waals surface area contributed by atoms with Crippen molar-refractivity contribution in [1.82, 2.24) is 9.55 Å². The Hall–Kier alpha value is -0.970. The Morgan fingerprint density at radius 2 is 2.00 bits per heavy atom. The normalized spacial score (nSPS) is 9.71. The van der Waals surface area contributed by atoms with E-state index >= 15 is 0 Å². The summed E-state index contributed by atoms with van der Waals surface area (Å²) in [4.78, 5) is 4.28. The van der Waals surface area contributed by atoms with Crippen LogP contribution in [0.1, 0.15) is 12.8 Å². The molecule has 0 aliphatic rings. The number of aliphatic hydroxyl groups is 1. The summed E-state index contributed by atoms with van der Waals surface area (Å²) in [5.41, 5.74) is 8.44. The molecule has 0 fully saturated rings. The number of aryl methyl sites for hydroxylation is 1. The first-order valence-corrected chi connectivity index (χ1v) is 5.12. The number of hydrogen-bond acceptors (Lipinski definition) is 3. The molecule has 1 heterocycles. The van der Waals surface area contributed by atoms with Gasteiger partial charge < -0.3 is 15.4 Å². The van der Waals surface area contributed by atoms with Gasteiger partial charge in [0.1, 0.15) is 0 Å². The molecule has 3 N–H and O–H groups in total. The smallest absolute Gasteiger partial charge is 0.0958 e. The maximum atomic E-state index is 8.70. The molecule has 0 unspecified atom stereocenters. The number of halogens is 2. The Balaban J connectivity index is 0.00000128. The third kappa shape index (κ3) is 3.77. The number of hydrogen-bond donors (Lipinski definition) is 2. The van der Waals surface area contributed by atoms with Crippen molar-refractivity contribution in [3.8, 4) is 0 Å². The summed E-state index contributed by atoms with van der Waals surface area (Å²) >= 11 is 0. The average Bonchev–Trinajstić information content (AvgIpc) is 2.61. The summed E-state index contributed by atoms with van der Waals surface area (Å²) in [6.45, 7) is 1.14. The second-order valence-corrected chi connectivity index (χ2v) is 3.62. The summed E-state index contributed by atoms with van der Waals surface area (Å²) in [6.07, 6.45) is 3.61. The van der Waals surface area contributed by atoms with Crippen molar-refractivity contribution < 1.29 is 5.11 Å². The number of nitrogens with zero attached hydrogens (tertiary/aromatic N) is 2. The van der Waals surface area contributed by atoms with Crippen molar-refractivity contribution >= 4 is 41.5 Å². The van der Waals surface area contributed by atoms with Gasteiger partial charge in [-0.2, -0.15) is 0 Å². The minimum Gasteiger partial charge on any atom is -0.399 e. The summed E-state index contributed by atoms with van der Waals surface area (Å²) in [5.74, 6) is 0. The Morgan fingerprint density at radius 1 is 1.24 bits per heavy atom. The number of nitrogen functional groups attached to an aromatic ring is 1. The minimum absolute atomic E-state index is 0. The van der Waals surface area contributed by atoms with Gasteiger partial charge in [-0.3, -0.25) is 0 Å². The number of aromatic nitrogens is 2. The van der Waals surface area contributed by atoms with Crippen LogP contribution in [-0.2, 0) is 6.54 Å². The fourth-order valence-electron chi connectivity index (χ4n) is 1.65. The maximum Gasteiger partial charge on any atom is 0.0958 e. The molecule has 2 aromatic rings. The van der Waals surface area contributed by atoms with Crippen LogP contribution in [0.5, 0.6) is 0 Å². The Bertz CT molecular complexity index is 459. The number of anilines is 1. The van der Waals surface area contributed by atoms with Gasteiger partial charge in [-0.1, -0.05) is 0 Å². The van der Waals surface area contributed by atoms with E-state index in [1.54, 1.807) is 0 Å². The number of imidazole rings is 1. The SMILES string of the molecule is Cl.Cl.Nc1ccc2c(c1)ncn2CCCCO. The first kappa shape index (κ1) is 16.0. The molecule has 6 heteroatoms. The largest absolute Gasteiger partial charge is 0.399 e. The zero-order valence-corrected chi connectivity index (χ0v) is 11.0. The predicted molar refractivity (Wildman–Crippen MR) is 75.0 cm³/mol. The molecule has 4 nitrogen and oxygen atoms in total. The molecule has 1 aromatic carbocycles. The van der Waals surface area contributed by atoms with Crippen molar-refractivity contribution in [2.75, 3.05) is 12.3 Å². The number of fused-ring (bicyclic) bond motifs is 1. The topological polar surface area (TPSA) is 64.1 Å². The van der Waals surface area contributed by atoms with Gasteiger partial charge >= 0.3 is 0 Å². The van der Waals surface area contributed by atoms with Crippen LogP contribution in [-0.4, -0.2) is 21.3 Å². The van der Waals surface area contributed by atoms with E-state index in [0.717, 1.165) is 36.1 Å². The number of nitrogens with two attached hydrogens (primary N) is 1. The molecule has 96 valence electrons. The summed E-state index contributed by atoms with van der Waals surface area (Å²) in [6, 6.07) is 5.74.